The van der Waals surface area contributed by atoms with Crippen LogP contribution in [0.4, 0.5) is 5.69 Å². The molecule has 1 heterocycles. The van der Waals surface area contributed by atoms with Gasteiger partial charge in [0.1, 0.15) is 0 Å². The normalized spacial score (nSPS) is 23.2. The maximum Gasteiger partial charge on any atom is 0.279 e. The predicted octanol–water partition coefficient (Wildman–Crippen LogP) is 1.12. The zero-order valence-electron chi connectivity index (χ0n) is 10.3. The van der Waals surface area contributed by atoms with Crippen molar-refractivity contribution in [1.82, 2.24) is 5.48 Å². The molecule has 96 valence electrons. The third-order valence-corrected chi connectivity index (χ3v) is 2.74. The van der Waals surface area contributed by atoms with Crippen molar-refractivity contribution in [3.8, 4) is 0 Å². The van der Waals surface area contributed by atoms with Crippen LogP contribution in [0.25, 0.3) is 0 Å². The first-order chi connectivity index (χ1) is 8.63. The van der Waals surface area contributed by atoms with E-state index in [1.54, 1.807) is 31.2 Å². The van der Waals surface area contributed by atoms with Crippen LogP contribution < -0.4 is 10.5 Å². The fourth-order valence-electron chi connectivity index (χ4n) is 1.69. The third kappa shape index (κ3) is 1.85. The molecule has 0 spiro atoms. The Morgan fingerprint density at radius 3 is 2.67 bits per heavy atom. The zero-order chi connectivity index (χ0) is 13.2. The molecule has 6 heteroatoms. The summed E-state index contributed by atoms with van der Waals surface area (Å²) in [5.74, 6) is -0.235. The number of carbonyl (C=O) groups is 1. The molecule has 0 radical (unpaired) electrons. The second-order valence-corrected chi connectivity index (χ2v) is 4.03. The van der Waals surface area contributed by atoms with Crippen LogP contribution in [0.15, 0.2) is 35.4 Å². The van der Waals surface area contributed by atoms with Crippen molar-refractivity contribution in [1.29, 1.82) is 0 Å². The molecule has 1 aromatic carbocycles. The number of rotatable bonds is 3. The smallest absolute Gasteiger partial charge is 0.279 e. The van der Waals surface area contributed by atoms with E-state index in [1.807, 2.05) is 11.5 Å². The number of anilines is 1. The Morgan fingerprint density at radius 1 is 1.44 bits per heavy atom. The largest absolute Gasteiger partial charge is 0.478 e. The second-order valence-electron chi connectivity index (χ2n) is 4.03. The average Bonchev–Trinajstić information content (AvgIpc) is 2.66. The predicted molar refractivity (Wildman–Crippen MR) is 66.3 cm³/mol. The number of hydrazone groups is 1. The number of benzene rings is 1. The molecule has 0 fully saturated rings. The number of nitrogens with zero attached hydrogens (tertiary/aromatic N) is 2. The number of hydrogen-bond donors (Lipinski definition) is 2. The van der Waals surface area contributed by atoms with E-state index in [4.69, 9.17) is 4.74 Å². The number of nitrogens with one attached hydrogen (secondary N) is 1. The highest BCUT2D eigenvalue weighted by Crippen LogP contribution is 2.26. The summed E-state index contributed by atoms with van der Waals surface area (Å²) in [6.07, 6.45) is 0. The van der Waals surface area contributed by atoms with Gasteiger partial charge in [0.25, 0.3) is 5.91 Å². The van der Waals surface area contributed by atoms with Crippen LogP contribution in [0.2, 0.25) is 0 Å². The zero-order valence-corrected chi connectivity index (χ0v) is 10.3. The van der Waals surface area contributed by atoms with E-state index >= 15 is 0 Å². The summed E-state index contributed by atoms with van der Waals surface area (Å²) in [5, 5.41) is 14.5. The lowest BCUT2D eigenvalue weighted by molar-refractivity contribution is -0.124. The van der Waals surface area contributed by atoms with Gasteiger partial charge in [-0.3, -0.25) is 4.79 Å². The van der Waals surface area contributed by atoms with Gasteiger partial charge in [-0.2, -0.15) is 10.5 Å². The summed E-state index contributed by atoms with van der Waals surface area (Å²) in [5.41, 5.74) is 1.26. The van der Waals surface area contributed by atoms with Gasteiger partial charge in [-0.05, 0) is 26.0 Å². The summed E-state index contributed by atoms with van der Waals surface area (Å²) < 4.78 is 5.30. The summed E-state index contributed by atoms with van der Waals surface area (Å²) >= 11 is 0. The van der Waals surface area contributed by atoms with E-state index in [1.165, 1.54) is 11.9 Å². The van der Waals surface area contributed by atoms with Gasteiger partial charge in [-0.15, -0.1) is 5.10 Å². The monoisotopic (exact) mass is 249 g/mol. The van der Waals surface area contributed by atoms with Crippen LogP contribution in [0.1, 0.15) is 13.8 Å². The standard InChI is InChI=1S/C12H15N3O3/c1-3-18-10-12(2,14-17)11(16)15(13-10)9-7-5-4-6-8-9/h4-8,14,17H,3H2,1-2H3. The summed E-state index contributed by atoms with van der Waals surface area (Å²) in [6, 6.07) is 8.98. The fraction of sp³-hybridized carbons (Fsp3) is 0.333. The number of amides is 1. The molecular formula is C12H15N3O3. The molecule has 0 aromatic heterocycles. The van der Waals surface area contributed by atoms with Crippen LogP contribution >= 0.6 is 0 Å². The molecule has 1 atom stereocenters. The first-order valence-electron chi connectivity index (χ1n) is 5.66. The van der Waals surface area contributed by atoms with Crippen molar-refractivity contribution < 1.29 is 14.7 Å². The van der Waals surface area contributed by atoms with Crippen molar-refractivity contribution in [2.45, 2.75) is 19.4 Å². The van der Waals surface area contributed by atoms with Crippen LogP contribution in [0.5, 0.6) is 0 Å². The van der Waals surface area contributed by atoms with E-state index < -0.39 is 5.54 Å². The van der Waals surface area contributed by atoms with E-state index in [-0.39, 0.29) is 11.8 Å². The SMILES string of the molecule is CCOC1=NN(c2ccccc2)C(=O)C1(C)NO. The maximum atomic E-state index is 12.3. The highest BCUT2D eigenvalue weighted by molar-refractivity contribution is 6.20. The van der Waals surface area contributed by atoms with Crippen molar-refractivity contribution in [3.63, 3.8) is 0 Å². The van der Waals surface area contributed by atoms with Crippen molar-refractivity contribution in [3.05, 3.63) is 30.3 Å². The number of carbonyl (C=O) groups excluding carboxylic acids is 1. The molecule has 0 saturated carbocycles. The topological polar surface area (TPSA) is 74.2 Å². The van der Waals surface area contributed by atoms with E-state index in [2.05, 4.69) is 5.10 Å². The van der Waals surface area contributed by atoms with Gasteiger partial charge in [0, 0.05) is 0 Å². The summed E-state index contributed by atoms with van der Waals surface area (Å²) in [7, 11) is 0. The average molecular weight is 249 g/mol. The minimum Gasteiger partial charge on any atom is -0.478 e. The molecule has 2 rings (SSSR count). The Bertz CT molecular complexity index is 475. The number of para-hydroxylation sites is 1. The summed E-state index contributed by atoms with van der Waals surface area (Å²) in [4.78, 5) is 12.3. The molecule has 0 aliphatic carbocycles. The summed E-state index contributed by atoms with van der Waals surface area (Å²) in [6.45, 7) is 3.68. The number of hydroxylamine groups is 1. The highest BCUT2D eigenvalue weighted by Gasteiger charge is 2.49. The maximum absolute atomic E-state index is 12.3. The Balaban J connectivity index is 2.38. The molecule has 0 bridgehead atoms. The Labute approximate surface area is 105 Å². The van der Waals surface area contributed by atoms with Crippen molar-refractivity contribution in [2.75, 3.05) is 11.6 Å². The molecule has 1 aliphatic heterocycles. The molecule has 1 aliphatic rings. The first kappa shape index (κ1) is 12.5. The van der Waals surface area contributed by atoms with Gasteiger partial charge in [-0.25, -0.2) is 0 Å². The lowest BCUT2D eigenvalue weighted by Gasteiger charge is -2.21. The molecule has 18 heavy (non-hydrogen) atoms. The van der Waals surface area contributed by atoms with Gasteiger partial charge in [0.15, 0.2) is 5.54 Å². The Hall–Kier alpha value is -1.92. The fourth-order valence-corrected chi connectivity index (χ4v) is 1.69. The van der Waals surface area contributed by atoms with Crippen LogP contribution in [0, 0.1) is 0 Å². The minimum atomic E-state index is -1.34. The van der Waals surface area contributed by atoms with E-state index in [0.717, 1.165) is 0 Å². The van der Waals surface area contributed by atoms with E-state index in [9.17, 15) is 10.0 Å². The first-order valence-corrected chi connectivity index (χ1v) is 5.66. The highest BCUT2D eigenvalue weighted by atomic mass is 16.5. The molecule has 1 aromatic rings. The Morgan fingerprint density at radius 2 is 2.11 bits per heavy atom. The number of ether oxygens (including phenoxy) is 1. The third-order valence-electron chi connectivity index (χ3n) is 2.74. The van der Waals surface area contributed by atoms with Crippen LogP contribution in [-0.4, -0.2) is 29.2 Å². The molecular weight excluding hydrogens is 234 g/mol. The molecule has 2 N–H and O–H groups in total. The van der Waals surface area contributed by atoms with Crippen LogP contribution in [0.3, 0.4) is 0 Å². The molecule has 1 amide bonds. The van der Waals surface area contributed by atoms with E-state index in [0.29, 0.717) is 12.3 Å². The Kier molecular flexibility index (Phi) is 3.31. The lowest BCUT2D eigenvalue weighted by Crippen LogP contribution is -2.54. The number of hydrogen-bond acceptors (Lipinski definition) is 5. The van der Waals surface area contributed by atoms with Crippen molar-refractivity contribution in [2.24, 2.45) is 5.10 Å². The van der Waals surface area contributed by atoms with Crippen LogP contribution in [-0.2, 0) is 9.53 Å². The van der Waals surface area contributed by atoms with Gasteiger partial charge in [0.05, 0.1) is 12.3 Å². The van der Waals surface area contributed by atoms with Gasteiger partial charge >= 0.3 is 0 Å². The van der Waals surface area contributed by atoms with Gasteiger partial charge in [0.2, 0.25) is 5.90 Å². The second kappa shape index (κ2) is 4.75. The molecule has 0 saturated heterocycles. The molecule has 6 nitrogen and oxygen atoms in total. The van der Waals surface area contributed by atoms with Crippen molar-refractivity contribution >= 4 is 17.5 Å². The van der Waals surface area contributed by atoms with Gasteiger partial charge < -0.3 is 9.94 Å². The van der Waals surface area contributed by atoms with Gasteiger partial charge in [-0.1, -0.05) is 18.2 Å². The lowest BCUT2D eigenvalue weighted by atomic mass is 10.0. The minimum absolute atomic E-state index is 0.154. The molecule has 1 unspecified atom stereocenters. The quantitative estimate of drug-likeness (QED) is 0.787.